The summed E-state index contributed by atoms with van der Waals surface area (Å²) in [6, 6.07) is 3.93. The molecular formula is C17H20N4O4. The van der Waals surface area contributed by atoms with Gasteiger partial charge in [-0.3, -0.25) is 24.3 Å². The first-order valence-electron chi connectivity index (χ1n) is 8.47. The van der Waals surface area contributed by atoms with Crippen LogP contribution in [0.2, 0.25) is 0 Å². The molecule has 132 valence electrons. The second-order valence-corrected chi connectivity index (χ2v) is 6.28. The Kier molecular flexibility index (Phi) is 5.06. The van der Waals surface area contributed by atoms with Gasteiger partial charge >= 0.3 is 0 Å². The van der Waals surface area contributed by atoms with Crippen molar-refractivity contribution in [2.24, 2.45) is 0 Å². The number of amides is 1. The maximum Gasteiger partial charge on any atom is 0.271 e. The lowest BCUT2D eigenvalue weighted by Crippen LogP contribution is -2.38. The quantitative estimate of drug-likeness (QED) is 0.627. The number of non-ortho nitro benzene ring substituents is 1. The van der Waals surface area contributed by atoms with E-state index in [1.54, 1.807) is 0 Å². The van der Waals surface area contributed by atoms with E-state index in [2.05, 4.69) is 4.98 Å². The van der Waals surface area contributed by atoms with Gasteiger partial charge in [0, 0.05) is 25.2 Å². The van der Waals surface area contributed by atoms with Crippen LogP contribution in [0.5, 0.6) is 0 Å². The standard InChI is InChI=1S/C17H20N4O4/c22-16(19-8-4-2-1-3-5-9-19)11-20-12-18-15-10-13(21(24)25)6-7-14(15)17(20)23/h6-7,10,12H,1-5,8-9,11H2. The fourth-order valence-electron chi connectivity index (χ4n) is 3.12. The van der Waals surface area contributed by atoms with Gasteiger partial charge in [0.25, 0.3) is 11.2 Å². The molecule has 1 aromatic heterocycles. The fraction of sp³-hybridized carbons (Fsp3) is 0.471. The van der Waals surface area contributed by atoms with Crippen LogP contribution in [0.3, 0.4) is 0 Å². The summed E-state index contributed by atoms with van der Waals surface area (Å²) >= 11 is 0. The number of aromatic nitrogens is 2. The molecule has 0 unspecified atom stereocenters. The van der Waals surface area contributed by atoms with Gasteiger partial charge in [-0.2, -0.15) is 0 Å². The Morgan fingerprint density at radius 1 is 1.16 bits per heavy atom. The molecule has 1 fully saturated rings. The molecule has 1 saturated heterocycles. The Hall–Kier alpha value is -2.77. The third kappa shape index (κ3) is 3.84. The van der Waals surface area contributed by atoms with Gasteiger partial charge in [0.05, 0.1) is 22.2 Å². The molecule has 0 radical (unpaired) electrons. The third-order valence-corrected chi connectivity index (χ3v) is 4.53. The molecule has 0 aliphatic carbocycles. The molecule has 0 atom stereocenters. The summed E-state index contributed by atoms with van der Waals surface area (Å²) in [4.78, 5) is 41.2. The lowest BCUT2D eigenvalue weighted by Gasteiger charge is -2.25. The summed E-state index contributed by atoms with van der Waals surface area (Å²) in [7, 11) is 0. The van der Waals surface area contributed by atoms with Crippen LogP contribution in [0, 0.1) is 10.1 Å². The molecule has 8 nitrogen and oxygen atoms in total. The molecule has 1 aromatic carbocycles. The van der Waals surface area contributed by atoms with Crippen LogP contribution < -0.4 is 5.56 Å². The van der Waals surface area contributed by atoms with E-state index < -0.39 is 4.92 Å². The van der Waals surface area contributed by atoms with E-state index in [4.69, 9.17) is 0 Å². The molecule has 0 spiro atoms. The molecule has 1 amide bonds. The Labute approximate surface area is 144 Å². The van der Waals surface area contributed by atoms with Crippen LogP contribution in [0.25, 0.3) is 10.9 Å². The SMILES string of the molecule is O=C(Cn1cnc2cc([N+](=O)[O-])ccc2c1=O)N1CCCCCCC1. The maximum absolute atomic E-state index is 12.5. The Bertz CT molecular complexity index is 853. The first kappa shape index (κ1) is 17.1. The van der Waals surface area contributed by atoms with Crippen molar-refractivity contribution in [1.29, 1.82) is 0 Å². The molecule has 2 aromatic rings. The predicted molar refractivity (Wildman–Crippen MR) is 92.3 cm³/mol. The normalized spacial score (nSPS) is 15.6. The summed E-state index contributed by atoms with van der Waals surface area (Å²) in [6.07, 6.45) is 6.72. The second-order valence-electron chi connectivity index (χ2n) is 6.28. The molecule has 8 heteroatoms. The zero-order chi connectivity index (χ0) is 17.8. The molecule has 3 rings (SSSR count). The summed E-state index contributed by atoms with van der Waals surface area (Å²) in [5.74, 6) is -0.0907. The van der Waals surface area contributed by atoms with Crippen LogP contribution in [-0.2, 0) is 11.3 Å². The van der Waals surface area contributed by atoms with Crippen molar-refractivity contribution in [3.05, 3.63) is 45.0 Å². The molecule has 0 bridgehead atoms. The van der Waals surface area contributed by atoms with E-state index in [1.807, 2.05) is 4.90 Å². The van der Waals surface area contributed by atoms with E-state index in [0.717, 1.165) is 38.8 Å². The molecule has 1 aliphatic heterocycles. The van der Waals surface area contributed by atoms with Crippen molar-refractivity contribution in [3.63, 3.8) is 0 Å². The van der Waals surface area contributed by atoms with Gasteiger partial charge in [0.15, 0.2) is 0 Å². The number of hydrogen-bond donors (Lipinski definition) is 0. The van der Waals surface area contributed by atoms with E-state index in [1.165, 1.54) is 35.5 Å². The van der Waals surface area contributed by atoms with Crippen molar-refractivity contribution >= 4 is 22.5 Å². The zero-order valence-corrected chi connectivity index (χ0v) is 13.9. The largest absolute Gasteiger partial charge is 0.341 e. The predicted octanol–water partition coefficient (Wildman–Crippen LogP) is 2.10. The van der Waals surface area contributed by atoms with Gasteiger partial charge in [0.2, 0.25) is 5.91 Å². The minimum Gasteiger partial charge on any atom is -0.341 e. The highest BCUT2D eigenvalue weighted by atomic mass is 16.6. The van der Waals surface area contributed by atoms with Gasteiger partial charge in [-0.25, -0.2) is 4.98 Å². The van der Waals surface area contributed by atoms with Crippen molar-refractivity contribution < 1.29 is 9.72 Å². The summed E-state index contributed by atoms with van der Waals surface area (Å²) in [6.45, 7) is 1.39. The van der Waals surface area contributed by atoms with Crippen LogP contribution >= 0.6 is 0 Å². The number of rotatable bonds is 3. The number of benzene rings is 1. The van der Waals surface area contributed by atoms with Gasteiger partial charge in [-0.15, -0.1) is 0 Å². The average molecular weight is 344 g/mol. The molecular weight excluding hydrogens is 324 g/mol. The summed E-state index contributed by atoms with van der Waals surface area (Å²) in [5, 5.41) is 11.1. The van der Waals surface area contributed by atoms with Crippen LogP contribution in [0.1, 0.15) is 32.1 Å². The van der Waals surface area contributed by atoms with Crippen LogP contribution in [0.15, 0.2) is 29.3 Å². The lowest BCUT2D eigenvalue weighted by molar-refractivity contribution is -0.384. The molecule has 25 heavy (non-hydrogen) atoms. The van der Waals surface area contributed by atoms with E-state index in [9.17, 15) is 19.7 Å². The van der Waals surface area contributed by atoms with Crippen molar-refractivity contribution in [1.82, 2.24) is 14.5 Å². The van der Waals surface area contributed by atoms with Gasteiger partial charge in [-0.05, 0) is 18.9 Å². The molecule has 0 N–H and O–H groups in total. The Balaban J connectivity index is 1.82. The first-order chi connectivity index (χ1) is 12.1. The molecule has 2 heterocycles. The van der Waals surface area contributed by atoms with Crippen LogP contribution in [0.4, 0.5) is 5.69 Å². The van der Waals surface area contributed by atoms with E-state index in [0.29, 0.717) is 0 Å². The van der Waals surface area contributed by atoms with E-state index in [-0.39, 0.29) is 34.6 Å². The highest BCUT2D eigenvalue weighted by Crippen LogP contribution is 2.16. The molecule has 0 saturated carbocycles. The zero-order valence-electron chi connectivity index (χ0n) is 13.9. The monoisotopic (exact) mass is 344 g/mol. The maximum atomic E-state index is 12.5. The minimum absolute atomic E-state index is 0.0568. The van der Waals surface area contributed by atoms with Crippen molar-refractivity contribution in [3.8, 4) is 0 Å². The number of nitrogens with zero attached hydrogens (tertiary/aromatic N) is 4. The Morgan fingerprint density at radius 3 is 2.52 bits per heavy atom. The number of hydrogen-bond acceptors (Lipinski definition) is 5. The minimum atomic E-state index is -0.530. The lowest BCUT2D eigenvalue weighted by atomic mass is 10.1. The van der Waals surface area contributed by atoms with Crippen molar-refractivity contribution in [2.45, 2.75) is 38.6 Å². The number of nitro groups is 1. The highest BCUT2D eigenvalue weighted by molar-refractivity contribution is 5.80. The average Bonchev–Trinajstić information content (AvgIpc) is 2.56. The van der Waals surface area contributed by atoms with Crippen molar-refractivity contribution in [2.75, 3.05) is 13.1 Å². The number of carbonyl (C=O) groups is 1. The Morgan fingerprint density at radius 2 is 1.84 bits per heavy atom. The number of likely N-dealkylation sites (tertiary alicyclic amines) is 1. The van der Waals surface area contributed by atoms with Gasteiger partial charge in [-0.1, -0.05) is 19.3 Å². The first-order valence-corrected chi connectivity index (χ1v) is 8.47. The van der Waals surface area contributed by atoms with Gasteiger partial charge in [0.1, 0.15) is 6.54 Å². The third-order valence-electron chi connectivity index (χ3n) is 4.53. The smallest absolute Gasteiger partial charge is 0.271 e. The highest BCUT2D eigenvalue weighted by Gasteiger charge is 2.17. The summed E-state index contributed by atoms with van der Waals surface area (Å²) in [5.41, 5.74) is -0.219. The van der Waals surface area contributed by atoms with Gasteiger partial charge < -0.3 is 4.90 Å². The topological polar surface area (TPSA) is 98.3 Å². The second kappa shape index (κ2) is 7.42. The van der Waals surface area contributed by atoms with Crippen LogP contribution in [-0.4, -0.2) is 38.4 Å². The van der Waals surface area contributed by atoms with E-state index >= 15 is 0 Å². The number of nitro benzene ring substituents is 1. The fourth-order valence-corrected chi connectivity index (χ4v) is 3.12. The number of carbonyl (C=O) groups excluding carboxylic acids is 1. The summed E-state index contributed by atoms with van der Waals surface area (Å²) < 4.78 is 1.27. The number of fused-ring (bicyclic) bond motifs is 1. The molecule has 1 aliphatic rings.